The van der Waals surface area contributed by atoms with Crippen molar-refractivity contribution >= 4 is 27.3 Å². The second-order valence-corrected chi connectivity index (χ2v) is 8.03. The number of thiophene rings is 1. The lowest BCUT2D eigenvalue weighted by Crippen LogP contribution is -2.25. The highest BCUT2D eigenvalue weighted by atomic mass is 32.2. The lowest BCUT2D eigenvalue weighted by Gasteiger charge is -2.16. The molecule has 112 valence electrons. The van der Waals surface area contributed by atoms with Gasteiger partial charge in [-0.1, -0.05) is 29.8 Å². The van der Waals surface area contributed by atoms with Crippen molar-refractivity contribution in [2.24, 2.45) is 0 Å². The normalized spacial score (nSPS) is 11.8. The van der Waals surface area contributed by atoms with Gasteiger partial charge in [0.15, 0.2) is 0 Å². The van der Waals surface area contributed by atoms with E-state index in [1.807, 2.05) is 31.2 Å². The summed E-state index contributed by atoms with van der Waals surface area (Å²) in [5.41, 5.74) is 1.98. The molecule has 1 N–H and O–H groups in total. The number of carboxylic acids is 1. The minimum absolute atomic E-state index is 0.0114. The molecule has 0 atom stereocenters. The summed E-state index contributed by atoms with van der Waals surface area (Å²) in [7, 11) is -2.19. The molecule has 0 aliphatic heterocycles. The van der Waals surface area contributed by atoms with E-state index < -0.39 is 16.0 Å². The molecular weight excluding hydrogens is 310 g/mol. The van der Waals surface area contributed by atoms with Crippen LogP contribution in [0.1, 0.15) is 20.8 Å². The molecule has 0 radical (unpaired) electrons. The molecule has 2 rings (SSSR count). The molecule has 5 nitrogen and oxygen atoms in total. The maximum absolute atomic E-state index is 12.4. The minimum atomic E-state index is -3.67. The molecule has 7 heteroatoms. The predicted molar refractivity (Wildman–Crippen MR) is 81.1 cm³/mol. The third-order valence-electron chi connectivity index (χ3n) is 2.98. The fraction of sp³-hybridized carbons (Fsp3) is 0.214. The zero-order valence-corrected chi connectivity index (χ0v) is 13.2. The van der Waals surface area contributed by atoms with Crippen LogP contribution in [0.3, 0.4) is 0 Å². The number of aryl methyl sites for hydroxylation is 1. The van der Waals surface area contributed by atoms with E-state index in [0.29, 0.717) is 0 Å². The van der Waals surface area contributed by atoms with Crippen LogP contribution in [0.5, 0.6) is 0 Å². The van der Waals surface area contributed by atoms with Gasteiger partial charge in [0.25, 0.3) is 10.0 Å². The van der Waals surface area contributed by atoms with E-state index in [1.54, 1.807) is 0 Å². The average Bonchev–Trinajstić information content (AvgIpc) is 2.91. The highest BCUT2D eigenvalue weighted by molar-refractivity contribution is 7.91. The molecule has 2 aromatic rings. The summed E-state index contributed by atoms with van der Waals surface area (Å²) in [6, 6.07) is 10.2. The summed E-state index contributed by atoms with van der Waals surface area (Å²) >= 11 is 0.760. The fourth-order valence-corrected chi connectivity index (χ4v) is 4.28. The lowest BCUT2D eigenvalue weighted by molar-refractivity contribution is 0.0702. The molecule has 0 saturated heterocycles. The second kappa shape index (κ2) is 5.97. The van der Waals surface area contributed by atoms with Gasteiger partial charge in [-0.2, -0.15) is 4.31 Å². The molecule has 0 bridgehead atoms. The van der Waals surface area contributed by atoms with Crippen LogP contribution < -0.4 is 0 Å². The number of aromatic carboxylic acids is 1. The Morgan fingerprint density at radius 2 is 1.81 bits per heavy atom. The Balaban J connectivity index is 2.21. The number of rotatable bonds is 5. The van der Waals surface area contributed by atoms with E-state index in [-0.39, 0.29) is 15.6 Å². The van der Waals surface area contributed by atoms with Crippen molar-refractivity contribution < 1.29 is 18.3 Å². The van der Waals surface area contributed by atoms with Crippen molar-refractivity contribution in [2.75, 3.05) is 7.05 Å². The summed E-state index contributed by atoms with van der Waals surface area (Å²) in [6.07, 6.45) is 0. The van der Waals surface area contributed by atoms with E-state index in [9.17, 15) is 13.2 Å². The number of sulfonamides is 1. The van der Waals surface area contributed by atoms with Gasteiger partial charge >= 0.3 is 5.97 Å². The highest BCUT2D eigenvalue weighted by Crippen LogP contribution is 2.25. The molecule has 0 aliphatic rings. The average molecular weight is 325 g/mol. The number of nitrogens with zero attached hydrogens (tertiary/aromatic N) is 1. The molecule has 1 aromatic carbocycles. The van der Waals surface area contributed by atoms with E-state index in [0.717, 1.165) is 22.5 Å². The van der Waals surface area contributed by atoms with Crippen molar-refractivity contribution in [3.63, 3.8) is 0 Å². The van der Waals surface area contributed by atoms with Crippen LogP contribution in [0, 0.1) is 6.92 Å². The van der Waals surface area contributed by atoms with Crippen molar-refractivity contribution in [3.05, 3.63) is 52.4 Å². The maximum atomic E-state index is 12.4. The summed E-state index contributed by atoms with van der Waals surface area (Å²) in [4.78, 5) is 10.8. The topological polar surface area (TPSA) is 74.7 Å². The Kier molecular flexibility index (Phi) is 4.46. The Labute approximate surface area is 127 Å². The van der Waals surface area contributed by atoms with Crippen LogP contribution in [0.2, 0.25) is 0 Å². The smallest absolute Gasteiger partial charge is 0.345 e. The number of hydrogen-bond donors (Lipinski definition) is 1. The molecule has 1 heterocycles. The third-order valence-corrected chi connectivity index (χ3v) is 6.33. The van der Waals surface area contributed by atoms with Crippen molar-refractivity contribution in [1.82, 2.24) is 4.31 Å². The molecule has 1 aromatic heterocycles. The van der Waals surface area contributed by atoms with Gasteiger partial charge in [0.1, 0.15) is 9.09 Å². The monoisotopic (exact) mass is 325 g/mol. The zero-order chi connectivity index (χ0) is 15.6. The van der Waals surface area contributed by atoms with Crippen LogP contribution >= 0.6 is 11.3 Å². The summed E-state index contributed by atoms with van der Waals surface area (Å²) in [5.74, 6) is -1.12. The van der Waals surface area contributed by atoms with Gasteiger partial charge in [-0.15, -0.1) is 11.3 Å². The Morgan fingerprint density at radius 3 is 2.33 bits per heavy atom. The van der Waals surface area contributed by atoms with E-state index in [1.165, 1.54) is 23.5 Å². The first-order chi connectivity index (χ1) is 9.80. The number of hydrogen-bond acceptors (Lipinski definition) is 4. The molecule has 0 fully saturated rings. The van der Waals surface area contributed by atoms with E-state index in [2.05, 4.69) is 0 Å². The van der Waals surface area contributed by atoms with Gasteiger partial charge in [-0.05, 0) is 24.6 Å². The largest absolute Gasteiger partial charge is 0.477 e. The van der Waals surface area contributed by atoms with Crippen LogP contribution in [0.25, 0.3) is 0 Å². The van der Waals surface area contributed by atoms with Gasteiger partial charge < -0.3 is 5.11 Å². The van der Waals surface area contributed by atoms with Gasteiger partial charge in [0.2, 0.25) is 0 Å². The SMILES string of the molecule is Cc1ccc(CN(C)S(=O)(=O)c2ccc(C(=O)O)s2)cc1. The first-order valence-electron chi connectivity index (χ1n) is 6.16. The van der Waals surface area contributed by atoms with E-state index >= 15 is 0 Å². The molecular formula is C14H15NO4S2. The molecule has 0 unspecified atom stereocenters. The summed E-state index contributed by atoms with van der Waals surface area (Å²) in [6.45, 7) is 2.20. The summed E-state index contributed by atoms with van der Waals surface area (Å²) in [5, 5.41) is 8.87. The van der Waals surface area contributed by atoms with Crippen molar-refractivity contribution in [3.8, 4) is 0 Å². The van der Waals surface area contributed by atoms with Gasteiger partial charge in [-0.3, -0.25) is 0 Å². The Hall–Kier alpha value is -1.70. The molecule has 0 aliphatic carbocycles. The van der Waals surface area contributed by atoms with Crippen LogP contribution in [0.4, 0.5) is 0 Å². The van der Waals surface area contributed by atoms with Gasteiger partial charge in [0.05, 0.1) is 0 Å². The number of carboxylic acid groups (broad SMARTS) is 1. The second-order valence-electron chi connectivity index (χ2n) is 4.67. The molecule has 0 saturated carbocycles. The Bertz CT molecular complexity index is 748. The number of benzene rings is 1. The zero-order valence-electron chi connectivity index (χ0n) is 11.6. The molecule has 21 heavy (non-hydrogen) atoms. The lowest BCUT2D eigenvalue weighted by atomic mass is 10.1. The Morgan fingerprint density at radius 1 is 1.19 bits per heavy atom. The quantitative estimate of drug-likeness (QED) is 0.917. The minimum Gasteiger partial charge on any atom is -0.477 e. The first-order valence-corrected chi connectivity index (χ1v) is 8.41. The molecule has 0 amide bonds. The van der Waals surface area contributed by atoms with Crippen molar-refractivity contribution in [2.45, 2.75) is 17.7 Å². The maximum Gasteiger partial charge on any atom is 0.345 e. The summed E-state index contributed by atoms with van der Waals surface area (Å²) < 4.78 is 26.0. The third kappa shape index (κ3) is 3.49. The molecule has 0 spiro atoms. The predicted octanol–water partition coefficient (Wildman–Crippen LogP) is 2.58. The van der Waals surface area contributed by atoms with Crippen LogP contribution in [0.15, 0.2) is 40.6 Å². The van der Waals surface area contributed by atoms with Gasteiger partial charge in [-0.25, -0.2) is 13.2 Å². The van der Waals surface area contributed by atoms with Crippen LogP contribution in [-0.2, 0) is 16.6 Å². The number of carbonyl (C=O) groups is 1. The first kappa shape index (κ1) is 15.7. The standard InChI is InChI=1S/C14H15NO4S2/c1-10-3-5-11(6-4-10)9-15(2)21(18,19)13-8-7-12(20-13)14(16)17/h3-8H,9H2,1-2H3,(H,16,17). The highest BCUT2D eigenvalue weighted by Gasteiger charge is 2.24. The van der Waals surface area contributed by atoms with E-state index in [4.69, 9.17) is 5.11 Å². The van der Waals surface area contributed by atoms with Crippen molar-refractivity contribution in [1.29, 1.82) is 0 Å². The fourth-order valence-electron chi connectivity index (χ4n) is 1.76. The van der Waals surface area contributed by atoms with Gasteiger partial charge in [0, 0.05) is 13.6 Å². The van der Waals surface area contributed by atoms with Crippen LogP contribution in [-0.4, -0.2) is 30.8 Å².